The topological polar surface area (TPSA) is 26.3 Å². The van der Waals surface area contributed by atoms with E-state index >= 15 is 0 Å². The molecular formula is C6H6NaO2S2. The predicted molar refractivity (Wildman–Crippen MR) is 47.7 cm³/mol. The molecule has 0 N–H and O–H groups in total. The van der Waals surface area contributed by atoms with Crippen molar-refractivity contribution in [3.8, 4) is 0 Å². The zero-order valence-electron chi connectivity index (χ0n) is 6.37. The number of hydrogen-bond acceptors (Lipinski definition) is 4. The van der Waals surface area contributed by atoms with E-state index in [4.69, 9.17) is 0 Å². The van der Waals surface area contributed by atoms with E-state index in [0.717, 1.165) is 16.3 Å². The van der Waals surface area contributed by atoms with E-state index in [1.807, 2.05) is 17.5 Å². The van der Waals surface area contributed by atoms with Crippen molar-refractivity contribution in [2.24, 2.45) is 0 Å². The molecule has 0 spiro atoms. The summed E-state index contributed by atoms with van der Waals surface area (Å²) in [6.07, 6.45) is 0. The average molecular weight is 197 g/mol. The smallest absolute Gasteiger partial charge is 0.315 e. The molecule has 0 aliphatic carbocycles. The Morgan fingerprint density at radius 1 is 1.73 bits per heavy atom. The van der Waals surface area contributed by atoms with Crippen LogP contribution in [-0.4, -0.2) is 35.5 Å². The van der Waals surface area contributed by atoms with Crippen molar-refractivity contribution in [2.75, 3.05) is 0 Å². The van der Waals surface area contributed by atoms with Gasteiger partial charge < -0.3 is 4.18 Å². The van der Waals surface area contributed by atoms with Gasteiger partial charge in [-0.2, -0.15) is 0 Å². The van der Waals surface area contributed by atoms with Gasteiger partial charge in [-0.15, -0.1) is 11.3 Å². The number of rotatable bonds is 2. The van der Waals surface area contributed by atoms with Gasteiger partial charge in [0.2, 0.25) is 0 Å². The van der Waals surface area contributed by atoms with Crippen molar-refractivity contribution in [3.05, 3.63) is 17.5 Å². The van der Waals surface area contributed by atoms with Crippen LogP contribution in [-0.2, 0) is 8.98 Å². The molecule has 1 aromatic rings. The van der Waals surface area contributed by atoms with Crippen molar-refractivity contribution < 1.29 is 8.98 Å². The summed E-state index contributed by atoms with van der Waals surface area (Å²) in [4.78, 5) is 10.3. The first-order valence-corrected chi connectivity index (χ1v) is 4.30. The molecule has 2 nitrogen and oxygen atoms in total. The van der Waals surface area contributed by atoms with Crippen LogP contribution < -0.4 is 0 Å². The second kappa shape index (κ2) is 6.08. The van der Waals surface area contributed by atoms with E-state index in [2.05, 4.69) is 4.18 Å². The van der Waals surface area contributed by atoms with Crippen LogP contribution in [0.4, 0.5) is 0 Å². The van der Waals surface area contributed by atoms with Gasteiger partial charge in [-0.25, -0.2) is 0 Å². The zero-order valence-corrected chi connectivity index (χ0v) is 10.00. The molecule has 0 aliphatic heterocycles. The van der Waals surface area contributed by atoms with E-state index in [1.54, 1.807) is 11.3 Å². The summed E-state index contributed by atoms with van der Waals surface area (Å²) in [7, 11) is 0. The fourth-order valence-electron chi connectivity index (χ4n) is 0.411. The molecule has 1 aromatic heterocycles. The van der Waals surface area contributed by atoms with Crippen LogP contribution in [0.15, 0.2) is 21.7 Å². The summed E-state index contributed by atoms with van der Waals surface area (Å²) in [6, 6.07) is 3.81. The summed E-state index contributed by atoms with van der Waals surface area (Å²) in [5, 5.41) is 1.94. The first-order chi connectivity index (χ1) is 4.79. The Morgan fingerprint density at radius 3 is 2.91 bits per heavy atom. The Morgan fingerprint density at radius 2 is 2.45 bits per heavy atom. The second-order valence-electron chi connectivity index (χ2n) is 1.59. The van der Waals surface area contributed by atoms with Crippen LogP contribution in [0.3, 0.4) is 0 Å². The molecule has 0 amide bonds. The quantitative estimate of drug-likeness (QED) is 0.535. The molecule has 1 rings (SSSR count). The van der Waals surface area contributed by atoms with Crippen molar-refractivity contribution in [1.29, 1.82) is 0 Å². The van der Waals surface area contributed by atoms with E-state index in [-0.39, 0.29) is 35.5 Å². The molecule has 1 heterocycles. The Bertz CT molecular complexity index is 210. The minimum atomic E-state index is -0.265. The number of thiophene rings is 1. The Labute approximate surface area is 95.8 Å². The van der Waals surface area contributed by atoms with Gasteiger partial charge in [0.25, 0.3) is 0 Å². The van der Waals surface area contributed by atoms with Crippen molar-refractivity contribution >= 4 is 58.9 Å². The number of carbonyl (C=O) groups excluding carboxylic acids is 1. The first kappa shape index (κ1) is 11.5. The summed E-state index contributed by atoms with van der Waals surface area (Å²) in [5.41, 5.74) is 0. The molecule has 5 heteroatoms. The molecular weight excluding hydrogens is 191 g/mol. The SMILES string of the molecule is CC(=O)OSc1cccs1.[Na]. The largest absolute Gasteiger partial charge is 0.385 e. The minimum absolute atomic E-state index is 0. The molecule has 11 heavy (non-hydrogen) atoms. The van der Waals surface area contributed by atoms with Crippen LogP contribution in [0.1, 0.15) is 6.92 Å². The molecule has 0 aromatic carbocycles. The summed E-state index contributed by atoms with van der Waals surface area (Å²) in [5.74, 6) is -0.265. The Kier molecular flexibility index (Phi) is 6.37. The van der Waals surface area contributed by atoms with Gasteiger partial charge in [0.15, 0.2) is 0 Å². The summed E-state index contributed by atoms with van der Waals surface area (Å²) >= 11 is 2.65. The molecule has 55 valence electrons. The van der Waals surface area contributed by atoms with E-state index < -0.39 is 0 Å². The fourth-order valence-corrected chi connectivity index (χ4v) is 1.62. The van der Waals surface area contributed by atoms with Gasteiger partial charge >= 0.3 is 5.97 Å². The molecule has 0 unspecified atom stereocenters. The molecule has 1 radical (unpaired) electrons. The van der Waals surface area contributed by atoms with Crippen LogP contribution in [0.2, 0.25) is 0 Å². The maximum Gasteiger partial charge on any atom is 0.315 e. The normalized spacial score (nSPS) is 8.45. The molecule has 0 bridgehead atoms. The maximum atomic E-state index is 10.3. The van der Waals surface area contributed by atoms with Crippen LogP contribution >= 0.6 is 23.4 Å². The van der Waals surface area contributed by atoms with Gasteiger partial charge in [0.05, 0.1) is 0 Å². The predicted octanol–water partition coefficient (Wildman–Crippen LogP) is 1.94. The fraction of sp³-hybridized carbons (Fsp3) is 0.167. The average Bonchev–Trinajstić information content (AvgIpc) is 2.34. The molecule has 0 atom stereocenters. The molecule has 0 saturated heterocycles. The third-order valence-electron chi connectivity index (χ3n) is 0.736. The maximum absolute atomic E-state index is 10.3. The number of carbonyl (C=O) groups is 1. The summed E-state index contributed by atoms with van der Waals surface area (Å²) in [6.45, 7) is 1.39. The molecule has 0 fully saturated rings. The first-order valence-electron chi connectivity index (χ1n) is 2.67. The van der Waals surface area contributed by atoms with Crippen LogP contribution in [0.5, 0.6) is 0 Å². The second-order valence-corrected chi connectivity index (χ2v) is 3.57. The van der Waals surface area contributed by atoms with Crippen LogP contribution in [0, 0.1) is 0 Å². The van der Waals surface area contributed by atoms with Gasteiger partial charge in [-0.05, 0) is 11.4 Å². The Hall–Kier alpha value is 0.520. The van der Waals surface area contributed by atoms with E-state index in [0.29, 0.717) is 0 Å². The van der Waals surface area contributed by atoms with E-state index in [9.17, 15) is 4.79 Å². The molecule has 0 aliphatic rings. The third kappa shape index (κ3) is 4.87. The monoisotopic (exact) mass is 197 g/mol. The van der Waals surface area contributed by atoms with Gasteiger partial charge in [0.1, 0.15) is 16.3 Å². The molecule has 0 saturated carbocycles. The zero-order chi connectivity index (χ0) is 7.40. The van der Waals surface area contributed by atoms with Gasteiger partial charge in [-0.1, -0.05) is 6.07 Å². The van der Waals surface area contributed by atoms with Crippen molar-refractivity contribution in [3.63, 3.8) is 0 Å². The van der Waals surface area contributed by atoms with Gasteiger partial charge in [0, 0.05) is 36.5 Å². The third-order valence-corrected chi connectivity index (χ3v) is 2.51. The van der Waals surface area contributed by atoms with Crippen molar-refractivity contribution in [2.45, 2.75) is 11.1 Å². The summed E-state index contributed by atoms with van der Waals surface area (Å²) < 4.78 is 5.67. The standard InChI is InChI=1S/C6H6O2S2.Na/c1-5(7)8-10-6-3-2-4-9-6;/h2-4H,1H3;. The Balaban J connectivity index is 0.000001000. The van der Waals surface area contributed by atoms with Crippen LogP contribution in [0.25, 0.3) is 0 Å². The van der Waals surface area contributed by atoms with Gasteiger partial charge in [-0.3, -0.25) is 4.79 Å². The number of hydrogen-bond donors (Lipinski definition) is 0. The van der Waals surface area contributed by atoms with E-state index in [1.165, 1.54) is 6.92 Å². The minimum Gasteiger partial charge on any atom is -0.385 e. The van der Waals surface area contributed by atoms with Crippen molar-refractivity contribution in [1.82, 2.24) is 0 Å².